The Kier molecular flexibility index (Phi) is 4.83. The highest BCUT2D eigenvalue weighted by molar-refractivity contribution is 5.68. The summed E-state index contributed by atoms with van der Waals surface area (Å²) < 4.78 is 37.1. The first kappa shape index (κ1) is 16.5. The van der Waals surface area contributed by atoms with Crippen LogP contribution in [-0.2, 0) is 4.74 Å². The monoisotopic (exact) mass is 314 g/mol. The second-order valence-electron chi connectivity index (χ2n) is 6.25. The minimum atomic E-state index is -0.852. The Labute approximate surface area is 128 Å². The molecule has 7 heteroatoms. The van der Waals surface area contributed by atoms with E-state index in [1.54, 1.807) is 20.8 Å². The number of hydrogen-bond acceptors (Lipinski definition) is 4. The molecule has 22 heavy (non-hydrogen) atoms. The van der Waals surface area contributed by atoms with Gasteiger partial charge in [-0.15, -0.1) is 0 Å². The van der Waals surface area contributed by atoms with Crippen LogP contribution in [0.3, 0.4) is 0 Å². The summed E-state index contributed by atoms with van der Waals surface area (Å²) >= 11 is 0. The summed E-state index contributed by atoms with van der Waals surface area (Å²) in [5.74, 6) is -1.87. The van der Waals surface area contributed by atoms with Crippen molar-refractivity contribution in [2.75, 3.05) is 13.1 Å². The molecule has 1 unspecified atom stereocenters. The zero-order valence-electron chi connectivity index (χ0n) is 12.9. The number of hydrogen-bond donors (Lipinski definition) is 0. The van der Waals surface area contributed by atoms with Crippen LogP contribution in [0.1, 0.15) is 33.6 Å². The van der Waals surface area contributed by atoms with Crippen LogP contribution < -0.4 is 4.74 Å². The lowest BCUT2D eigenvalue weighted by molar-refractivity contribution is 0.00675. The van der Waals surface area contributed by atoms with Crippen molar-refractivity contribution in [3.8, 4) is 5.88 Å². The van der Waals surface area contributed by atoms with E-state index in [1.807, 2.05) is 0 Å². The van der Waals surface area contributed by atoms with Crippen molar-refractivity contribution in [1.29, 1.82) is 0 Å². The van der Waals surface area contributed by atoms with Gasteiger partial charge in [0.25, 0.3) is 5.88 Å². The Morgan fingerprint density at radius 3 is 2.77 bits per heavy atom. The third kappa shape index (κ3) is 4.54. The summed E-state index contributed by atoms with van der Waals surface area (Å²) in [7, 11) is 0. The number of halogens is 2. The van der Waals surface area contributed by atoms with Gasteiger partial charge in [0.1, 0.15) is 17.5 Å². The van der Waals surface area contributed by atoms with Crippen molar-refractivity contribution in [3.63, 3.8) is 0 Å². The van der Waals surface area contributed by atoms with Crippen LogP contribution in [-0.4, -0.2) is 40.8 Å². The van der Waals surface area contributed by atoms with Gasteiger partial charge in [0, 0.05) is 12.6 Å². The molecule has 122 valence electrons. The molecule has 1 aliphatic heterocycles. The van der Waals surface area contributed by atoms with Gasteiger partial charge < -0.3 is 14.4 Å². The molecule has 5 nitrogen and oxygen atoms in total. The van der Waals surface area contributed by atoms with Crippen LogP contribution in [0.15, 0.2) is 12.3 Å². The average Bonchev–Trinajstić information content (AvgIpc) is 2.40. The highest BCUT2D eigenvalue weighted by atomic mass is 19.1. The molecule has 1 saturated heterocycles. The number of ether oxygens (including phenoxy) is 2. The van der Waals surface area contributed by atoms with Crippen LogP contribution in [0.4, 0.5) is 13.6 Å². The fraction of sp³-hybridized carbons (Fsp3) is 0.600. The molecule has 1 atom stereocenters. The van der Waals surface area contributed by atoms with Crippen LogP contribution >= 0.6 is 0 Å². The van der Waals surface area contributed by atoms with Crippen molar-refractivity contribution < 1.29 is 23.0 Å². The highest BCUT2D eigenvalue weighted by Gasteiger charge is 2.29. The number of carbonyl (C=O) groups is 1. The third-order valence-corrected chi connectivity index (χ3v) is 3.08. The molecule has 1 fully saturated rings. The van der Waals surface area contributed by atoms with E-state index in [2.05, 4.69) is 4.98 Å². The summed E-state index contributed by atoms with van der Waals surface area (Å²) in [6.07, 6.45) is 1.46. The van der Waals surface area contributed by atoms with Gasteiger partial charge in [0.15, 0.2) is 5.82 Å². The van der Waals surface area contributed by atoms with Crippen LogP contribution in [0.2, 0.25) is 0 Å². The Bertz CT molecular complexity index is 546. The molecule has 0 saturated carbocycles. The predicted octanol–water partition coefficient (Wildman–Crippen LogP) is 3.14. The standard InChI is InChI=1S/C15H20F2N2O3/c1-15(2,3)22-14(20)19-6-4-5-11(9-19)21-13-12(17)7-10(16)8-18-13/h7-8,11H,4-6,9H2,1-3H3. The number of piperidine rings is 1. The molecule has 0 aliphatic carbocycles. The maximum absolute atomic E-state index is 13.6. The van der Waals surface area contributed by atoms with Crippen molar-refractivity contribution in [1.82, 2.24) is 9.88 Å². The van der Waals surface area contributed by atoms with E-state index in [9.17, 15) is 13.6 Å². The van der Waals surface area contributed by atoms with Crippen molar-refractivity contribution >= 4 is 6.09 Å². The summed E-state index contributed by atoms with van der Waals surface area (Å²) in [6, 6.07) is 0.719. The van der Waals surface area contributed by atoms with Gasteiger partial charge in [-0.3, -0.25) is 0 Å². The number of likely N-dealkylation sites (tertiary alicyclic amines) is 1. The van der Waals surface area contributed by atoms with Crippen molar-refractivity contribution in [2.45, 2.75) is 45.3 Å². The van der Waals surface area contributed by atoms with E-state index < -0.39 is 29.4 Å². The summed E-state index contributed by atoms with van der Waals surface area (Å²) in [6.45, 7) is 6.23. The molecule has 0 spiro atoms. The maximum atomic E-state index is 13.6. The number of pyridine rings is 1. The highest BCUT2D eigenvalue weighted by Crippen LogP contribution is 2.21. The van der Waals surface area contributed by atoms with Gasteiger partial charge in [-0.25, -0.2) is 18.6 Å². The minimum Gasteiger partial charge on any atom is -0.470 e. The Morgan fingerprint density at radius 2 is 2.14 bits per heavy atom. The normalized spacial score (nSPS) is 19.0. The molecule has 2 rings (SSSR count). The fourth-order valence-corrected chi connectivity index (χ4v) is 2.17. The smallest absolute Gasteiger partial charge is 0.410 e. The van der Waals surface area contributed by atoms with Gasteiger partial charge in [-0.05, 0) is 33.6 Å². The van der Waals surface area contributed by atoms with Gasteiger partial charge >= 0.3 is 6.09 Å². The molecular formula is C15H20F2N2O3. The molecule has 0 aromatic carbocycles. The van der Waals surface area contributed by atoms with Crippen LogP contribution in [0.25, 0.3) is 0 Å². The number of carbonyl (C=O) groups excluding carboxylic acids is 1. The number of aromatic nitrogens is 1. The lowest BCUT2D eigenvalue weighted by atomic mass is 10.1. The van der Waals surface area contributed by atoms with E-state index in [1.165, 1.54) is 4.90 Å². The molecule has 2 heterocycles. The third-order valence-electron chi connectivity index (χ3n) is 3.08. The molecular weight excluding hydrogens is 294 g/mol. The van der Waals surface area contributed by atoms with Crippen molar-refractivity contribution in [2.24, 2.45) is 0 Å². The minimum absolute atomic E-state index is 0.252. The quantitative estimate of drug-likeness (QED) is 0.841. The SMILES string of the molecule is CC(C)(C)OC(=O)N1CCCC(Oc2ncc(F)cc2F)C1. The summed E-state index contributed by atoms with van der Waals surface area (Å²) in [4.78, 5) is 17.2. The largest absolute Gasteiger partial charge is 0.470 e. The van der Waals surface area contributed by atoms with E-state index in [4.69, 9.17) is 9.47 Å². The second-order valence-corrected chi connectivity index (χ2v) is 6.25. The zero-order valence-corrected chi connectivity index (χ0v) is 12.9. The lowest BCUT2D eigenvalue weighted by Crippen LogP contribution is -2.46. The Hall–Kier alpha value is -1.92. The van der Waals surface area contributed by atoms with Gasteiger partial charge in [0.05, 0.1) is 12.7 Å². The number of rotatable bonds is 2. The summed E-state index contributed by atoms with van der Waals surface area (Å²) in [5, 5.41) is 0. The van der Waals surface area contributed by atoms with Gasteiger partial charge in [0.2, 0.25) is 0 Å². The number of nitrogens with zero attached hydrogens (tertiary/aromatic N) is 2. The molecule has 0 N–H and O–H groups in total. The molecule has 1 aliphatic rings. The first-order valence-electron chi connectivity index (χ1n) is 7.20. The first-order valence-corrected chi connectivity index (χ1v) is 7.20. The number of amides is 1. The topological polar surface area (TPSA) is 51.7 Å². The molecule has 0 bridgehead atoms. The van der Waals surface area contributed by atoms with Crippen LogP contribution in [0, 0.1) is 11.6 Å². The molecule has 1 amide bonds. The van der Waals surface area contributed by atoms with Crippen molar-refractivity contribution in [3.05, 3.63) is 23.9 Å². The van der Waals surface area contributed by atoms with Gasteiger partial charge in [-0.2, -0.15) is 0 Å². The average molecular weight is 314 g/mol. The second kappa shape index (κ2) is 6.46. The van der Waals surface area contributed by atoms with E-state index in [0.717, 1.165) is 12.3 Å². The molecule has 0 radical (unpaired) electrons. The van der Waals surface area contributed by atoms with Gasteiger partial charge in [-0.1, -0.05) is 0 Å². The zero-order chi connectivity index (χ0) is 16.3. The first-order chi connectivity index (χ1) is 10.2. The Balaban J connectivity index is 1.97. The van der Waals surface area contributed by atoms with Crippen LogP contribution in [0.5, 0.6) is 5.88 Å². The molecule has 1 aromatic heterocycles. The Morgan fingerprint density at radius 1 is 1.41 bits per heavy atom. The van der Waals surface area contributed by atoms with E-state index in [-0.39, 0.29) is 12.4 Å². The summed E-state index contributed by atoms with van der Waals surface area (Å²) in [5.41, 5.74) is -0.574. The lowest BCUT2D eigenvalue weighted by Gasteiger charge is -2.33. The fourth-order valence-electron chi connectivity index (χ4n) is 2.17. The van der Waals surface area contributed by atoms with E-state index in [0.29, 0.717) is 19.4 Å². The van der Waals surface area contributed by atoms with E-state index >= 15 is 0 Å². The molecule has 1 aromatic rings. The maximum Gasteiger partial charge on any atom is 0.410 e. The predicted molar refractivity (Wildman–Crippen MR) is 75.6 cm³/mol.